The molecule has 1 aliphatic carbocycles. The van der Waals surface area contributed by atoms with E-state index in [9.17, 15) is 14.0 Å². The number of hydrogen-bond acceptors (Lipinski definition) is 4. The summed E-state index contributed by atoms with van der Waals surface area (Å²) in [5, 5.41) is 11.8. The molecule has 3 rings (SSSR count). The van der Waals surface area contributed by atoms with Crippen LogP contribution in [0.25, 0.3) is 0 Å². The lowest BCUT2D eigenvalue weighted by Crippen LogP contribution is -2.39. The van der Waals surface area contributed by atoms with Gasteiger partial charge in [-0.3, -0.25) is 9.59 Å². The zero-order chi connectivity index (χ0) is 18.7. The zero-order valence-corrected chi connectivity index (χ0v) is 15.3. The number of amides is 1. The fraction of sp³-hybridized carbons (Fsp3) is 0.421. The number of benzene rings is 1. The molecule has 1 aromatic carbocycles. The number of rotatable bonds is 8. The van der Waals surface area contributed by atoms with Crippen LogP contribution in [0.1, 0.15) is 36.0 Å². The van der Waals surface area contributed by atoms with Crippen molar-refractivity contribution in [2.45, 2.75) is 38.6 Å². The van der Waals surface area contributed by atoms with Crippen LogP contribution >= 0.6 is 11.3 Å². The zero-order valence-electron chi connectivity index (χ0n) is 14.5. The minimum Gasteiger partial charge on any atom is -0.481 e. The minimum absolute atomic E-state index is 0.0702. The lowest BCUT2D eigenvalue weighted by atomic mass is 10.1. The van der Waals surface area contributed by atoms with Gasteiger partial charge in [0, 0.05) is 24.4 Å². The molecule has 0 bridgehead atoms. The summed E-state index contributed by atoms with van der Waals surface area (Å²) in [4.78, 5) is 29.9. The molecule has 1 heterocycles. The molecule has 0 spiro atoms. The Bertz CT molecular complexity index is 786. The van der Waals surface area contributed by atoms with E-state index in [1.807, 2.05) is 5.38 Å². The molecule has 2 aromatic rings. The first kappa shape index (κ1) is 18.5. The summed E-state index contributed by atoms with van der Waals surface area (Å²) < 4.78 is 13.0. The summed E-state index contributed by atoms with van der Waals surface area (Å²) in [7, 11) is 0. The largest absolute Gasteiger partial charge is 0.481 e. The second-order valence-corrected chi connectivity index (χ2v) is 7.67. The number of carboxylic acids is 1. The van der Waals surface area contributed by atoms with Gasteiger partial charge in [-0.15, -0.1) is 11.3 Å². The van der Waals surface area contributed by atoms with Gasteiger partial charge in [0.1, 0.15) is 5.82 Å². The summed E-state index contributed by atoms with van der Waals surface area (Å²) in [5.74, 6) is -1.81. The molecule has 7 heteroatoms. The quantitative estimate of drug-likeness (QED) is 0.768. The van der Waals surface area contributed by atoms with Crippen molar-refractivity contribution in [2.75, 3.05) is 6.54 Å². The van der Waals surface area contributed by atoms with Gasteiger partial charge in [-0.25, -0.2) is 9.37 Å². The Kier molecular flexibility index (Phi) is 5.66. The fourth-order valence-electron chi connectivity index (χ4n) is 2.76. The summed E-state index contributed by atoms with van der Waals surface area (Å²) in [5.41, 5.74) is 1.67. The van der Waals surface area contributed by atoms with E-state index in [-0.39, 0.29) is 30.7 Å². The van der Waals surface area contributed by atoms with E-state index in [0.29, 0.717) is 12.1 Å². The van der Waals surface area contributed by atoms with Gasteiger partial charge in [-0.1, -0.05) is 19.1 Å². The van der Waals surface area contributed by atoms with Gasteiger partial charge in [-0.05, 0) is 30.5 Å². The monoisotopic (exact) mass is 376 g/mol. The molecule has 1 atom stereocenters. The SMILES string of the molecule is CC(CN(C(=O)Cc1csc(Cc2ccc(F)cc2)n1)C1CC1)C(=O)O. The smallest absolute Gasteiger partial charge is 0.308 e. The van der Waals surface area contributed by atoms with Crippen LogP contribution in [0.15, 0.2) is 29.6 Å². The molecular formula is C19H21FN2O3S. The number of nitrogens with zero attached hydrogens (tertiary/aromatic N) is 2. The molecule has 1 aliphatic rings. The van der Waals surface area contributed by atoms with Crippen molar-refractivity contribution >= 4 is 23.2 Å². The molecule has 1 N–H and O–H groups in total. The maximum Gasteiger partial charge on any atom is 0.308 e. The molecule has 138 valence electrons. The maximum atomic E-state index is 13.0. The first-order chi connectivity index (χ1) is 12.4. The Balaban J connectivity index is 1.61. The number of carbonyl (C=O) groups is 2. The number of hydrogen-bond donors (Lipinski definition) is 1. The third kappa shape index (κ3) is 4.88. The van der Waals surface area contributed by atoms with Crippen LogP contribution in [0.5, 0.6) is 0 Å². The fourth-order valence-corrected chi connectivity index (χ4v) is 3.59. The molecular weight excluding hydrogens is 355 g/mol. The summed E-state index contributed by atoms with van der Waals surface area (Å²) in [6, 6.07) is 6.46. The number of carbonyl (C=O) groups excluding carboxylic acids is 1. The van der Waals surface area contributed by atoms with Gasteiger partial charge in [-0.2, -0.15) is 0 Å². The van der Waals surface area contributed by atoms with E-state index in [1.165, 1.54) is 23.5 Å². The predicted octanol–water partition coefficient (Wildman–Crippen LogP) is 3.13. The molecule has 1 unspecified atom stereocenters. The minimum atomic E-state index is -0.890. The molecule has 1 amide bonds. The second kappa shape index (κ2) is 7.95. The number of thiazole rings is 1. The van der Waals surface area contributed by atoms with Crippen molar-refractivity contribution in [1.82, 2.24) is 9.88 Å². The van der Waals surface area contributed by atoms with Gasteiger partial charge < -0.3 is 10.0 Å². The van der Waals surface area contributed by atoms with Crippen LogP contribution in [-0.4, -0.2) is 39.5 Å². The van der Waals surface area contributed by atoms with Gasteiger partial charge in [0.25, 0.3) is 0 Å². The third-order valence-electron chi connectivity index (χ3n) is 4.40. The molecule has 26 heavy (non-hydrogen) atoms. The Labute approximate surface area is 155 Å². The van der Waals surface area contributed by atoms with Crippen LogP contribution in [0, 0.1) is 11.7 Å². The van der Waals surface area contributed by atoms with Crippen LogP contribution < -0.4 is 0 Å². The highest BCUT2D eigenvalue weighted by Crippen LogP contribution is 2.28. The van der Waals surface area contributed by atoms with Crippen molar-refractivity contribution in [3.8, 4) is 0 Å². The number of aromatic nitrogens is 1. The Morgan fingerprint density at radius 2 is 2.04 bits per heavy atom. The van der Waals surface area contributed by atoms with Gasteiger partial charge in [0.2, 0.25) is 5.91 Å². The molecule has 1 aromatic heterocycles. The molecule has 1 saturated carbocycles. The topological polar surface area (TPSA) is 70.5 Å². The van der Waals surface area contributed by atoms with Gasteiger partial charge in [0.15, 0.2) is 0 Å². The average Bonchev–Trinajstić information content (AvgIpc) is 3.35. The van der Waals surface area contributed by atoms with Crippen molar-refractivity contribution in [2.24, 2.45) is 5.92 Å². The Morgan fingerprint density at radius 3 is 2.65 bits per heavy atom. The lowest BCUT2D eigenvalue weighted by molar-refractivity contribution is -0.143. The number of aliphatic carboxylic acids is 1. The number of halogens is 1. The van der Waals surface area contributed by atoms with Gasteiger partial charge in [0.05, 0.1) is 23.0 Å². The van der Waals surface area contributed by atoms with Gasteiger partial charge >= 0.3 is 5.97 Å². The molecule has 0 radical (unpaired) electrons. The van der Waals surface area contributed by atoms with Crippen LogP contribution in [0.3, 0.4) is 0 Å². The third-order valence-corrected chi connectivity index (χ3v) is 5.30. The highest BCUT2D eigenvalue weighted by molar-refractivity contribution is 7.09. The summed E-state index contributed by atoms with van der Waals surface area (Å²) in [6.45, 7) is 1.86. The standard InChI is InChI=1S/C19H21FN2O3S/c1-12(19(24)25)10-22(16-6-7-16)18(23)9-15-11-26-17(21-15)8-13-2-4-14(20)5-3-13/h2-5,11-12,16H,6-10H2,1H3,(H,24,25). The van der Waals surface area contributed by atoms with Crippen LogP contribution in [0.2, 0.25) is 0 Å². The molecule has 1 fully saturated rings. The van der Waals surface area contributed by atoms with Crippen molar-refractivity contribution in [3.05, 3.63) is 51.7 Å². The van der Waals surface area contributed by atoms with E-state index >= 15 is 0 Å². The lowest BCUT2D eigenvalue weighted by Gasteiger charge is -2.24. The van der Waals surface area contributed by atoms with Crippen LogP contribution in [-0.2, 0) is 22.4 Å². The normalized spacial score (nSPS) is 14.8. The van der Waals surface area contributed by atoms with E-state index < -0.39 is 11.9 Å². The predicted molar refractivity (Wildman–Crippen MR) is 96.6 cm³/mol. The first-order valence-electron chi connectivity index (χ1n) is 8.62. The highest BCUT2D eigenvalue weighted by atomic mass is 32.1. The van der Waals surface area contributed by atoms with E-state index in [1.54, 1.807) is 24.0 Å². The average molecular weight is 376 g/mol. The van der Waals surface area contributed by atoms with E-state index in [2.05, 4.69) is 4.98 Å². The van der Waals surface area contributed by atoms with E-state index in [4.69, 9.17) is 5.11 Å². The molecule has 5 nitrogen and oxygen atoms in total. The second-order valence-electron chi connectivity index (χ2n) is 6.73. The van der Waals surface area contributed by atoms with Crippen LogP contribution in [0.4, 0.5) is 4.39 Å². The number of carboxylic acid groups (broad SMARTS) is 1. The Hall–Kier alpha value is -2.28. The summed E-state index contributed by atoms with van der Waals surface area (Å²) >= 11 is 1.48. The highest BCUT2D eigenvalue weighted by Gasteiger charge is 2.34. The summed E-state index contributed by atoms with van der Waals surface area (Å²) in [6.07, 6.45) is 2.65. The Morgan fingerprint density at radius 1 is 1.35 bits per heavy atom. The van der Waals surface area contributed by atoms with E-state index in [0.717, 1.165) is 23.4 Å². The van der Waals surface area contributed by atoms with Crippen molar-refractivity contribution in [3.63, 3.8) is 0 Å². The molecule has 0 saturated heterocycles. The van der Waals surface area contributed by atoms with Crippen molar-refractivity contribution in [1.29, 1.82) is 0 Å². The van der Waals surface area contributed by atoms with Crippen molar-refractivity contribution < 1.29 is 19.1 Å². The maximum absolute atomic E-state index is 13.0. The molecule has 0 aliphatic heterocycles. The first-order valence-corrected chi connectivity index (χ1v) is 9.50.